The molecular formula is C47H36N5OPt-3. The summed E-state index contributed by atoms with van der Waals surface area (Å²) in [6.45, 7) is 8.83. The molecule has 0 radical (unpaired) electrons. The van der Waals surface area contributed by atoms with Crippen LogP contribution < -0.4 is 14.5 Å². The van der Waals surface area contributed by atoms with Gasteiger partial charge in [-0.3, -0.25) is 0 Å². The Labute approximate surface area is 329 Å². The number of anilines is 4. The van der Waals surface area contributed by atoms with Crippen LogP contribution in [0.4, 0.5) is 22.7 Å². The Morgan fingerprint density at radius 3 is 2.15 bits per heavy atom. The van der Waals surface area contributed by atoms with Gasteiger partial charge in [0.25, 0.3) is 0 Å². The third kappa shape index (κ3) is 5.39. The van der Waals surface area contributed by atoms with Gasteiger partial charge >= 0.3 is 0 Å². The van der Waals surface area contributed by atoms with Gasteiger partial charge < -0.3 is 23.7 Å². The molecule has 0 unspecified atom stereocenters. The quantitative estimate of drug-likeness (QED) is 0.161. The van der Waals surface area contributed by atoms with Crippen molar-refractivity contribution in [3.8, 4) is 17.3 Å². The first-order chi connectivity index (χ1) is 25.8. The summed E-state index contributed by atoms with van der Waals surface area (Å²) in [4.78, 5) is 9.31. The zero-order valence-corrected chi connectivity index (χ0v) is 32.6. The molecule has 7 heteroatoms. The summed E-state index contributed by atoms with van der Waals surface area (Å²) in [5, 5.41) is 4.68. The zero-order chi connectivity index (χ0) is 35.8. The molecule has 9 aromatic rings. The summed E-state index contributed by atoms with van der Waals surface area (Å²) < 4.78 is 11.1. The maximum Gasteiger partial charge on any atom is 0.135 e. The van der Waals surface area contributed by atoms with Crippen LogP contribution in [-0.4, -0.2) is 14.1 Å². The predicted octanol–water partition coefficient (Wildman–Crippen LogP) is 11.9. The molecule has 0 amide bonds. The number of fused-ring (bicyclic) bond motifs is 8. The molecule has 6 aromatic carbocycles. The number of ether oxygens (including phenoxy) is 1. The molecule has 4 heterocycles. The Morgan fingerprint density at radius 1 is 0.648 bits per heavy atom. The first-order valence-electron chi connectivity index (χ1n) is 17.9. The van der Waals surface area contributed by atoms with Crippen molar-refractivity contribution in [3.05, 3.63) is 164 Å². The van der Waals surface area contributed by atoms with Crippen LogP contribution in [0.2, 0.25) is 0 Å². The Bertz CT molecular complexity index is 2870. The van der Waals surface area contributed by atoms with Crippen LogP contribution in [0.15, 0.2) is 140 Å². The fourth-order valence-corrected chi connectivity index (χ4v) is 7.82. The molecule has 6 nitrogen and oxygen atoms in total. The van der Waals surface area contributed by atoms with Gasteiger partial charge in [0, 0.05) is 79.0 Å². The van der Waals surface area contributed by atoms with Crippen molar-refractivity contribution in [2.24, 2.45) is 7.05 Å². The van der Waals surface area contributed by atoms with E-state index in [-0.39, 0.29) is 26.5 Å². The molecule has 0 spiro atoms. The molecule has 268 valence electrons. The second-order valence-electron chi connectivity index (χ2n) is 14.7. The first kappa shape index (κ1) is 34.0. The van der Waals surface area contributed by atoms with Crippen molar-refractivity contribution >= 4 is 66.4 Å². The Kier molecular flexibility index (Phi) is 8.13. The van der Waals surface area contributed by atoms with Crippen molar-refractivity contribution in [1.29, 1.82) is 0 Å². The number of hydrogen-bond acceptors (Lipinski definition) is 4. The minimum absolute atomic E-state index is 0. The van der Waals surface area contributed by atoms with E-state index in [1.807, 2.05) is 30.5 Å². The van der Waals surface area contributed by atoms with Crippen LogP contribution in [0.25, 0.3) is 49.4 Å². The molecule has 0 aliphatic carbocycles. The molecule has 54 heavy (non-hydrogen) atoms. The average molecular weight is 882 g/mol. The van der Waals surface area contributed by atoms with Crippen molar-refractivity contribution in [1.82, 2.24) is 14.1 Å². The van der Waals surface area contributed by atoms with E-state index >= 15 is 0 Å². The van der Waals surface area contributed by atoms with Gasteiger partial charge in [0.15, 0.2) is 0 Å². The average Bonchev–Trinajstić information content (AvgIpc) is 3.83. The van der Waals surface area contributed by atoms with E-state index < -0.39 is 0 Å². The summed E-state index contributed by atoms with van der Waals surface area (Å²) in [6.07, 6.45) is 1.90. The summed E-state index contributed by atoms with van der Waals surface area (Å²) in [5.74, 6) is 2.07. The summed E-state index contributed by atoms with van der Waals surface area (Å²) in [5.41, 5.74) is 9.71. The number of hydrogen-bond donors (Lipinski definition) is 0. The van der Waals surface area contributed by atoms with Crippen LogP contribution in [0.5, 0.6) is 11.5 Å². The van der Waals surface area contributed by atoms with Crippen molar-refractivity contribution in [2.75, 3.05) is 9.80 Å². The van der Waals surface area contributed by atoms with E-state index in [2.05, 4.69) is 175 Å². The summed E-state index contributed by atoms with van der Waals surface area (Å²) >= 11 is 0. The molecule has 0 bridgehead atoms. The fraction of sp³-hybridized carbons (Fsp3) is 0.106. The van der Waals surface area contributed by atoms with Crippen LogP contribution in [0.3, 0.4) is 0 Å². The molecule has 10 rings (SSSR count). The minimum Gasteiger partial charge on any atom is -0.509 e. The number of aromatic nitrogens is 3. The summed E-state index contributed by atoms with van der Waals surface area (Å²) in [6, 6.07) is 53.7. The van der Waals surface area contributed by atoms with Gasteiger partial charge in [0.1, 0.15) is 5.82 Å². The van der Waals surface area contributed by atoms with Crippen molar-refractivity contribution in [2.45, 2.75) is 26.2 Å². The van der Waals surface area contributed by atoms with Crippen molar-refractivity contribution < 1.29 is 25.8 Å². The third-order valence-electron chi connectivity index (χ3n) is 10.4. The summed E-state index contributed by atoms with van der Waals surface area (Å²) in [7, 11) is 2.15. The topological polar surface area (TPSA) is 38.5 Å². The minimum atomic E-state index is -0.0137. The predicted molar refractivity (Wildman–Crippen MR) is 217 cm³/mol. The molecule has 0 atom stereocenters. The smallest absolute Gasteiger partial charge is 0.135 e. The maximum atomic E-state index is 6.61. The Morgan fingerprint density at radius 2 is 1.35 bits per heavy atom. The van der Waals surface area contributed by atoms with Crippen molar-refractivity contribution in [3.63, 3.8) is 0 Å². The first-order valence-corrected chi connectivity index (χ1v) is 17.9. The van der Waals surface area contributed by atoms with Gasteiger partial charge in [0.05, 0.1) is 11.2 Å². The van der Waals surface area contributed by atoms with E-state index in [0.717, 1.165) is 55.9 Å². The van der Waals surface area contributed by atoms with E-state index in [9.17, 15) is 0 Å². The van der Waals surface area contributed by atoms with Gasteiger partial charge in [-0.05, 0) is 58.8 Å². The number of para-hydroxylation sites is 3. The van der Waals surface area contributed by atoms with E-state index in [4.69, 9.17) is 9.72 Å². The molecular weight excluding hydrogens is 846 g/mol. The third-order valence-corrected chi connectivity index (χ3v) is 10.4. The van der Waals surface area contributed by atoms with Gasteiger partial charge in [-0.15, -0.1) is 48.1 Å². The second-order valence-corrected chi connectivity index (χ2v) is 14.7. The zero-order valence-electron chi connectivity index (χ0n) is 30.3. The van der Waals surface area contributed by atoms with E-state index in [1.54, 1.807) is 0 Å². The number of pyridine rings is 1. The number of rotatable bonds is 5. The molecule has 1 aliphatic rings. The molecule has 3 aromatic heterocycles. The monoisotopic (exact) mass is 881 g/mol. The number of benzene rings is 6. The Balaban J connectivity index is 0.00000384. The molecule has 0 fully saturated rings. The van der Waals surface area contributed by atoms with Crippen LogP contribution in [0.1, 0.15) is 26.3 Å². The maximum absolute atomic E-state index is 6.61. The normalized spacial score (nSPS) is 12.9. The van der Waals surface area contributed by atoms with Crippen LogP contribution in [0, 0.1) is 18.8 Å². The molecule has 0 N–H and O–H groups in total. The molecule has 0 saturated heterocycles. The Hall–Kier alpha value is -5.84. The van der Waals surface area contributed by atoms with Gasteiger partial charge in [0.2, 0.25) is 0 Å². The van der Waals surface area contributed by atoms with E-state index in [1.165, 1.54) is 21.9 Å². The SMILES string of the molecule is Cn1c2ccccc2c2ccc3c(c21)N(c1[c-]c(Oc2[c-]c4c(cc2)c2ccccc2n4-c2cc(C(C)(C)C)ccn2)ccc1)[CH-]N3c1ccccc1.[Pt]. The molecule has 0 saturated carbocycles. The fourth-order valence-electron chi connectivity index (χ4n) is 7.82. The molecule has 1 aliphatic heterocycles. The van der Waals surface area contributed by atoms with Gasteiger partial charge in [-0.25, -0.2) is 4.98 Å². The van der Waals surface area contributed by atoms with Crippen LogP contribution in [-0.2, 0) is 33.5 Å². The van der Waals surface area contributed by atoms with Gasteiger partial charge in [-0.2, -0.15) is 12.1 Å². The standard InChI is InChI=1S/C47H36N5O.Pt/c1-47(2,3)31-25-26-48-44(27-31)52-41-20-11-9-17-36(41)38-22-21-35(29-43(38)52)53-34-16-12-15-33(28-34)51-30-50(32-13-6-5-7-14-32)42-24-23-39-37-18-8-10-19-40(37)49(4)45(39)46(42)51;/h5-27,30H,1-4H3;/q-3;. The number of nitrogens with zero attached hydrogens (tertiary/aromatic N) is 5. The second kappa shape index (κ2) is 12.9. The van der Waals surface area contributed by atoms with Gasteiger partial charge in [-0.1, -0.05) is 87.0 Å². The largest absolute Gasteiger partial charge is 0.509 e. The van der Waals surface area contributed by atoms with E-state index in [0.29, 0.717) is 11.5 Å². The number of aryl methyl sites for hydroxylation is 1. The van der Waals surface area contributed by atoms with Crippen LogP contribution >= 0.6 is 0 Å².